The molecule has 108 valence electrons. The summed E-state index contributed by atoms with van der Waals surface area (Å²) in [4.78, 5) is 26.3. The van der Waals surface area contributed by atoms with Crippen molar-refractivity contribution in [2.24, 2.45) is 0 Å². The van der Waals surface area contributed by atoms with Gasteiger partial charge in [-0.1, -0.05) is 27.5 Å². The number of nitrogens with one attached hydrogen (secondary N) is 1. The van der Waals surface area contributed by atoms with E-state index < -0.39 is 10.8 Å². The first-order valence-corrected chi connectivity index (χ1v) is 7.42. The third-order valence-electron chi connectivity index (χ3n) is 2.44. The van der Waals surface area contributed by atoms with Crippen LogP contribution in [0, 0.1) is 10.1 Å². The molecule has 0 radical (unpaired) electrons. The van der Waals surface area contributed by atoms with Crippen molar-refractivity contribution in [1.29, 1.82) is 0 Å². The number of aromatic nitrogens is 1. The van der Waals surface area contributed by atoms with Gasteiger partial charge in [0.1, 0.15) is 5.15 Å². The summed E-state index contributed by atoms with van der Waals surface area (Å²) in [5.41, 5.74) is -0.0284. The number of nitro groups is 1. The molecule has 0 fully saturated rings. The minimum absolute atomic E-state index is 0.0456. The van der Waals surface area contributed by atoms with E-state index in [1.807, 2.05) is 0 Å². The molecule has 6 nitrogen and oxygen atoms in total. The molecule has 1 heterocycles. The Kier molecular flexibility index (Phi) is 4.92. The minimum atomic E-state index is -0.644. The number of halogens is 3. The molecule has 1 N–H and O–H groups in total. The maximum absolute atomic E-state index is 12.2. The monoisotopic (exact) mass is 433 g/mol. The summed E-state index contributed by atoms with van der Waals surface area (Å²) in [5, 5.41) is 13.4. The fourth-order valence-corrected chi connectivity index (χ4v) is 2.45. The van der Waals surface area contributed by atoms with Gasteiger partial charge in [0.05, 0.1) is 10.5 Å². The second-order valence-corrected chi connectivity index (χ2v) is 5.99. The Balaban J connectivity index is 2.38. The highest BCUT2D eigenvalue weighted by Crippen LogP contribution is 2.26. The Labute approximate surface area is 140 Å². The van der Waals surface area contributed by atoms with Crippen LogP contribution >= 0.6 is 43.5 Å². The van der Waals surface area contributed by atoms with E-state index in [-0.39, 0.29) is 16.7 Å². The molecule has 0 aliphatic heterocycles. The Morgan fingerprint density at radius 3 is 2.67 bits per heavy atom. The van der Waals surface area contributed by atoms with E-state index in [1.165, 1.54) is 12.1 Å². The van der Waals surface area contributed by atoms with Crippen molar-refractivity contribution in [2.45, 2.75) is 0 Å². The summed E-state index contributed by atoms with van der Waals surface area (Å²) < 4.78 is 1.25. The van der Waals surface area contributed by atoms with Crippen molar-refractivity contribution in [3.63, 3.8) is 0 Å². The van der Waals surface area contributed by atoms with Crippen molar-refractivity contribution >= 4 is 60.9 Å². The van der Waals surface area contributed by atoms with Gasteiger partial charge in [-0.05, 0) is 40.2 Å². The van der Waals surface area contributed by atoms with Gasteiger partial charge >= 0.3 is 5.69 Å². The lowest BCUT2D eigenvalue weighted by atomic mass is 10.2. The van der Waals surface area contributed by atoms with Crippen LogP contribution in [0.2, 0.25) is 5.15 Å². The summed E-state index contributed by atoms with van der Waals surface area (Å²) in [6, 6.07) is 7.47. The summed E-state index contributed by atoms with van der Waals surface area (Å²) in [6.45, 7) is 0. The summed E-state index contributed by atoms with van der Waals surface area (Å²) >= 11 is 12.2. The Morgan fingerprint density at radius 2 is 2.00 bits per heavy atom. The second-order valence-electron chi connectivity index (χ2n) is 3.84. The molecule has 0 spiro atoms. The van der Waals surface area contributed by atoms with Crippen molar-refractivity contribution in [1.82, 2.24) is 4.98 Å². The topological polar surface area (TPSA) is 85.1 Å². The van der Waals surface area contributed by atoms with Gasteiger partial charge in [0.15, 0.2) is 0 Å². The van der Waals surface area contributed by atoms with E-state index in [0.717, 1.165) is 0 Å². The van der Waals surface area contributed by atoms with Gasteiger partial charge in [0.25, 0.3) is 5.91 Å². The Morgan fingerprint density at radius 1 is 1.29 bits per heavy atom. The molecular weight excluding hydrogens is 429 g/mol. The molecule has 0 saturated carbocycles. The highest BCUT2D eigenvalue weighted by Gasteiger charge is 2.20. The largest absolute Gasteiger partial charge is 0.311 e. The Bertz CT molecular complexity index is 740. The van der Waals surface area contributed by atoms with Gasteiger partial charge in [-0.2, -0.15) is 0 Å². The van der Waals surface area contributed by atoms with E-state index in [2.05, 4.69) is 42.2 Å². The number of hydrogen-bond acceptors (Lipinski definition) is 4. The van der Waals surface area contributed by atoms with E-state index in [4.69, 9.17) is 11.6 Å². The second kappa shape index (κ2) is 6.50. The average molecular weight is 435 g/mol. The van der Waals surface area contributed by atoms with E-state index in [0.29, 0.717) is 14.5 Å². The molecule has 0 aliphatic carbocycles. The van der Waals surface area contributed by atoms with Crippen LogP contribution in [-0.2, 0) is 0 Å². The number of carbonyl (C=O) groups excluding carboxylic acids is 1. The van der Waals surface area contributed by atoms with Crippen LogP contribution in [0.5, 0.6) is 0 Å². The highest BCUT2D eigenvalue weighted by molar-refractivity contribution is 9.11. The zero-order valence-corrected chi connectivity index (χ0v) is 14.1. The van der Waals surface area contributed by atoms with Crippen LogP contribution in [0.15, 0.2) is 39.3 Å². The van der Waals surface area contributed by atoms with Crippen molar-refractivity contribution in [3.05, 3.63) is 60.1 Å². The van der Waals surface area contributed by atoms with Crippen molar-refractivity contribution < 1.29 is 9.72 Å². The number of rotatable bonds is 3. The molecule has 0 unspecified atom stereocenters. The number of nitrogens with zero attached hydrogens (tertiary/aromatic N) is 2. The highest BCUT2D eigenvalue weighted by atomic mass is 79.9. The van der Waals surface area contributed by atoms with Gasteiger partial charge in [-0.15, -0.1) is 0 Å². The number of benzene rings is 1. The lowest BCUT2D eigenvalue weighted by Crippen LogP contribution is -2.15. The van der Waals surface area contributed by atoms with E-state index in [9.17, 15) is 14.9 Å². The first-order valence-electron chi connectivity index (χ1n) is 5.46. The first kappa shape index (κ1) is 15.9. The smallest absolute Gasteiger partial charge is 0.301 e. The summed E-state index contributed by atoms with van der Waals surface area (Å²) in [5.74, 6) is -0.745. The van der Waals surface area contributed by atoms with E-state index >= 15 is 0 Å². The van der Waals surface area contributed by atoms with Crippen molar-refractivity contribution in [3.8, 4) is 0 Å². The van der Waals surface area contributed by atoms with Crippen LogP contribution in [0.4, 0.5) is 11.5 Å². The number of anilines is 1. The van der Waals surface area contributed by atoms with Crippen LogP contribution in [-0.4, -0.2) is 15.8 Å². The molecule has 0 atom stereocenters. The van der Waals surface area contributed by atoms with Crippen LogP contribution < -0.4 is 5.32 Å². The van der Waals surface area contributed by atoms with Crippen LogP contribution in [0.3, 0.4) is 0 Å². The number of amides is 1. The SMILES string of the molecule is O=C(Nc1nc(Cl)ccc1[N+](=O)[O-])c1cc(Br)ccc1Br. The fourth-order valence-electron chi connectivity index (χ4n) is 1.51. The summed E-state index contributed by atoms with van der Waals surface area (Å²) in [6.07, 6.45) is 0. The maximum atomic E-state index is 12.2. The van der Waals surface area contributed by atoms with Gasteiger partial charge in [0.2, 0.25) is 5.82 Å². The summed E-state index contributed by atoms with van der Waals surface area (Å²) in [7, 11) is 0. The molecule has 1 amide bonds. The molecule has 21 heavy (non-hydrogen) atoms. The van der Waals surface area contributed by atoms with Gasteiger partial charge < -0.3 is 5.32 Å². The van der Waals surface area contributed by atoms with E-state index in [1.54, 1.807) is 18.2 Å². The quantitative estimate of drug-likeness (QED) is 0.439. The fraction of sp³-hybridized carbons (Fsp3) is 0. The van der Waals surface area contributed by atoms with Crippen molar-refractivity contribution in [2.75, 3.05) is 5.32 Å². The van der Waals surface area contributed by atoms with Gasteiger partial charge in [-0.25, -0.2) is 4.98 Å². The minimum Gasteiger partial charge on any atom is -0.301 e. The zero-order valence-electron chi connectivity index (χ0n) is 10.1. The third kappa shape index (κ3) is 3.78. The number of hydrogen-bond donors (Lipinski definition) is 1. The number of carbonyl (C=O) groups is 1. The maximum Gasteiger partial charge on any atom is 0.311 e. The zero-order chi connectivity index (χ0) is 15.6. The van der Waals surface area contributed by atoms with Gasteiger partial charge in [-0.3, -0.25) is 14.9 Å². The predicted octanol–water partition coefficient (Wildman–Crippen LogP) is 4.42. The van der Waals surface area contributed by atoms with Crippen LogP contribution in [0.1, 0.15) is 10.4 Å². The molecule has 0 aliphatic rings. The predicted molar refractivity (Wildman–Crippen MR) is 85.7 cm³/mol. The normalized spacial score (nSPS) is 10.2. The number of pyridine rings is 1. The lowest BCUT2D eigenvalue weighted by molar-refractivity contribution is -0.384. The molecule has 1 aromatic heterocycles. The molecule has 9 heteroatoms. The lowest BCUT2D eigenvalue weighted by Gasteiger charge is -2.07. The first-order chi connectivity index (χ1) is 9.88. The Hall–Kier alpha value is -1.51. The third-order valence-corrected chi connectivity index (χ3v) is 3.84. The molecule has 1 aromatic carbocycles. The molecule has 2 aromatic rings. The molecule has 0 saturated heterocycles. The molecule has 0 bridgehead atoms. The molecule has 2 rings (SSSR count). The van der Waals surface area contributed by atoms with Gasteiger partial charge in [0, 0.05) is 15.0 Å². The molecular formula is C12H6Br2ClN3O3. The van der Waals surface area contributed by atoms with Crippen LogP contribution in [0.25, 0.3) is 0 Å². The average Bonchev–Trinajstić information content (AvgIpc) is 2.41. The standard InChI is InChI=1S/C12H6Br2ClN3O3/c13-6-1-2-8(14)7(5-6)12(19)17-11-9(18(20)21)3-4-10(15)16-11/h1-5H,(H,16,17,19).